The zero-order valence-corrected chi connectivity index (χ0v) is 20.1. The molecule has 0 saturated carbocycles. The highest BCUT2D eigenvalue weighted by atomic mass is 127. The van der Waals surface area contributed by atoms with Crippen LogP contribution in [0.1, 0.15) is 35.6 Å². The number of nitrogens with one attached hydrogen (secondary N) is 1. The lowest BCUT2D eigenvalue weighted by Crippen LogP contribution is -2.48. The number of morpholine rings is 1. The van der Waals surface area contributed by atoms with Crippen molar-refractivity contribution in [2.45, 2.75) is 25.9 Å². The summed E-state index contributed by atoms with van der Waals surface area (Å²) in [4.78, 5) is 6.80. The molecule has 3 rings (SSSR count). The number of para-hydroxylation sites is 1. The normalized spacial score (nSPS) is 18.0. The Bertz CT molecular complexity index is 812. The smallest absolute Gasteiger partial charge is 0.193 e. The van der Waals surface area contributed by atoms with Gasteiger partial charge in [0.1, 0.15) is 11.9 Å². The Hall–Kier alpha value is -1.80. The summed E-state index contributed by atoms with van der Waals surface area (Å²) in [6.07, 6.45) is 0.0696. The Morgan fingerprint density at radius 3 is 2.69 bits per heavy atom. The van der Waals surface area contributed by atoms with Gasteiger partial charge in [-0.15, -0.1) is 24.0 Å². The molecule has 0 aliphatic carbocycles. The molecule has 1 fully saturated rings. The number of hydrogen-bond acceptors (Lipinski definition) is 3. The van der Waals surface area contributed by atoms with E-state index in [1.54, 1.807) is 7.11 Å². The lowest BCUT2D eigenvalue weighted by Gasteiger charge is -2.36. The minimum atomic E-state index is 0. The van der Waals surface area contributed by atoms with Crippen LogP contribution in [0.4, 0.5) is 0 Å². The first-order valence-corrected chi connectivity index (χ1v) is 9.89. The molecule has 1 aliphatic rings. The van der Waals surface area contributed by atoms with Gasteiger partial charge in [-0.3, -0.25) is 4.99 Å². The van der Waals surface area contributed by atoms with Gasteiger partial charge in [0.15, 0.2) is 5.96 Å². The zero-order chi connectivity index (χ0) is 19.9. The van der Waals surface area contributed by atoms with Gasteiger partial charge < -0.3 is 19.7 Å². The van der Waals surface area contributed by atoms with Gasteiger partial charge >= 0.3 is 0 Å². The highest BCUT2D eigenvalue weighted by molar-refractivity contribution is 14.0. The second kappa shape index (κ2) is 11.4. The molecule has 2 atom stereocenters. The fraction of sp³-hybridized carbons (Fsp3) is 0.435. The highest BCUT2D eigenvalue weighted by Gasteiger charge is 2.25. The second-order valence-corrected chi connectivity index (χ2v) is 7.23. The minimum Gasteiger partial charge on any atom is -0.496 e. The predicted molar refractivity (Wildman–Crippen MR) is 130 cm³/mol. The van der Waals surface area contributed by atoms with Crippen molar-refractivity contribution in [2.24, 2.45) is 4.99 Å². The Kier molecular flexibility index (Phi) is 9.23. The van der Waals surface area contributed by atoms with Crippen LogP contribution < -0.4 is 10.1 Å². The molecule has 0 amide bonds. The summed E-state index contributed by atoms with van der Waals surface area (Å²) in [5.41, 5.74) is 3.72. The average molecular weight is 509 g/mol. The summed E-state index contributed by atoms with van der Waals surface area (Å²) < 4.78 is 11.6. The van der Waals surface area contributed by atoms with Crippen LogP contribution in [0.3, 0.4) is 0 Å². The van der Waals surface area contributed by atoms with E-state index in [0.717, 1.165) is 31.3 Å². The van der Waals surface area contributed by atoms with E-state index in [-0.39, 0.29) is 30.1 Å². The summed E-state index contributed by atoms with van der Waals surface area (Å²) in [6.45, 7) is 7.47. The Morgan fingerprint density at radius 1 is 1.24 bits per heavy atom. The van der Waals surface area contributed by atoms with E-state index < -0.39 is 0 Å². The van der Waals surface area contributed by atoms with Crippen molar-refractivity contribution in [3.63, 3.8) is 0 Å². The molecule has 2 aromatic carbocycles. The molecule has 1 saturated heterocycles. The lowest BCUT2D eigenvalue weighted by atomic mass is 10.00. The number of aryl methyl sites for hydroxylation is 1. The number of hydrogen-bond donors (Lipinski definition) is 1. The molecule has 0 radical (unpaired) electrons. The number of guanidine groups is 1. The summed E-state index contributed by atoms with van der Waals surface area (Å²) in [7, 11) is 3.56. The van der Waals surface area contributed by atoms with Gasteiger partial charge in [-0.05, 0) is 29.7 Å². The van der Waals surface area contributed by atoms with E-state index in [4.69, 9.17) is 9.47 Å². The van der Waals surface area contributed by atoms with Crippen molar-refractivity contribution in [3.05, 3.63) is 65.2 Å². The van der Waals surface area contributed by atoms with E-state index >= 15 is 0 Å². The van der Waals surface area contributed by atoms with E-state index in [1.807, 2.05) is 19.2 Å². The van der Waals surface area contributed by atoms with Gasteiger partial charge in [0.25, 0.3) is 0 Å². The van der Waals surface area contributed by atoms with Gasteiger partial charge in [0.2, 0.25) is 0 Å². The first-order valence-electron chi connectivity index (χ1n) is 9.89. The van der Waals surface area contributed by atoms with Crippen molar-refractivity contribution in [1.29, 1.82) is 0 Å². The lowest BCUT2D eigenvalue weighted by molar-refractivity contribution is -0.00832. The molecule has 5 nitrogen and oxygen atoms in total. The number of methoxy groups -OCH3 is 1. The largest absolute Gasteiger partial charge is 0.496 e. The monoisotopic (exact) mass is 509 g/mol. The average Bonchev–Trinajstić information content (AvgIpc) is 2.74. The molecule has 1 aliphatic heterocycles. The number of nitrogens with zero attached hydrogens (tertiary/aromatic N) is 2. The van der Waals surface area contributed by atoms with Crippen molar-refractivity contribution < 1.29 is 9.47 Å². The van der Waals surface area contributed by atoms with Gasteiger partial charge in [-0.2, -0.15) is 0 Å². The third-order valence-electron chi connectivity index (χ3n) is 5.35. The number of rotatable bonds is 5. The zero-order valence-electron chi connectivity index (χ0n) is 17.7. The first-order chi connectivity index (χ1) is 13.6. The topological polar surface area (TPSA) is 46.1 Å². The Morgan fingerprint density at radius 2 is 1.97 bits per heavy atom. The van der Waals surface area contributed by atoms with Crippen LogP contribution in [0.15, 0.2) is 53.5 Å². The van der Waals surface area contributed by atoms with Gasteiger partial charge in [0, 0.05) is 26.1 Å². The van der Waals surface area contributed by atoms with E-state index in [2.05, 4.69) is 65.5 Å². The second-order valence-electron chi connectivity index (χ2n) is 7.23. The van der Waals surface area contributed by atoms with Crippen LogP contribution in [0.2, 0.25) is 0 Å². The first kappa shape index (κ1) is 23.5. The van der Waals surface area contributed by atoms with Gasteiger partial charge in [-0.25, -0.2) is 0 Å². The third kappa shape index (κ3) is 5.85. The van der Waals surface area contributed by atoms with Crippen molar-refractivity contribution >= 4 is 29.9 Å². The number of benzene rings is 2. The van der Waals surface area contributed by atoms with E-state index in [0.29, 0.717) is 12.5 Å². The molecular formula is C23H32IN3O2. The summed E-state index contributed by atoms with van der Waals surface area (Å²) in [5.74, 6) is 2.16. The third-order valence-corrected chi connectivity index (χ3v) is 5.35. The van der Waals surface area contributed by atoms with Crippen molar-refractivity contribution in [1.82, 2.24) is 10.2 Å². The molecule has 1 N–H and O–H groups in total. The summed E-state index contributed by atoms with van der Waals surface area (Å²) in [6, 6.07) is 16.6. The summed E-state index contributed by atoms with van der Waals surface area (Å²) in [5, 5.41) is 3.54. The molecule has 0 bridgehead atoms. The van der Waals surface area contributed by atoms with Gasteiger partial charge in [-0.1, -0.05) is 49.4 Å². The Labute approximate surface area is 191 Å². The van der Waals surface area contributed by atoms with E-state index in [1.165, 1.54) is 16.7 Å². The van der Waals surface area contributed by atoms with E-state index in [9.17, 15) is 0 Å². The maximum Gasteiger partial charge on any atom is 0.193 e. The number of aliphatic imine (C=N–C) groups is 1. The molecule has 29 heavy (non-hydrogen) atoms. The number of halogens is 1. The fourth-order valence-corrected chi connectivity index (χ4v) is 3.74. The molecule has 0 aromatic heterocycles. The standard InChI is InChI=1S/C23H31N3O2.HI/c1-17-9-5-6-10-19(17)22-16-26(13-14-28-22)23(24-3)25-15-18(2)20-11-7-8-12-21(20)27-4;/h5-12,18,22H,13-16H2,1-4H3,(H,24,25);1H. The molecule has 2 aromatic rings. The van der Waals surface area contributed by atoms with Crippen LogP contribution in [-0.4, -0.2) is 51.3 Å². The molecule has 158 valence electrons. The SMILES string of the molecule is CN=C(NCC(C)c1ccccc1OC)N1CCOC(c2ccccc2C)C1.I. The Balaban J connectivity index is 0.00000300. The minimum absolute atomic E-state index is 0. The maximum absolute atomic E-state index is 6.05. The molecule has 2 unspecified atom stereocenters. The maximum atomic E-state index is 6.05. The van der Waals surface area contributed by atoms with Crippen molar-refractivity contribution in [2.75, 3.05) is 40.4 Å². The molecule has 0 spiro atoms. The number of ether oxygens (including phenoxy) is 2. The van der Waals surface area contributed by atoms with Crippen LogP contribution >= 0.6 is 24.0 Å². The highest BCUT2D eigenvalue weighted by Crippen LogP contribution is 2.27. The predicted octanol–water partition coefficient (Wildman–Crippen LogP) is 4.37. The van der Waals surface area contributed by atoms with Crippen molar-refractivity contribution in [3.8, 4) is 5.75 Å². The molecular weight excluding hydrogens is 477 g/mol. The van der Waals surface area contributed by atoms with Gasteiger partial charge in [0.05, 0.1) is 20.3 Å². The summed E-state index contributed by atoms with van der Waals surface area (Å²) >= 11 is 0. The van der Waals surface area contributed by atoms with Crippen LogP contribution in [0, 0.1) is 6.92 Å². The van der Waals surface area contributed by atoms with Crippen LogP contribution in [-0.2, 0) is 4.74 Å². The fourth-order valence-electron chi connectivity index (χ4n) is 3.74. The molecule has 1 heterocycles. The van der Waals surface area contributed by atoms with Crippen LogP contribution in [0.5, 0.6) is 5.75 Å². The quantitative estimate of drug-likeness (QED) is 0.370. The van der Waals surface area contributed by atoms with Crippen LogP contribution in [0.25, 0.3) is 0 Å². The molecule has 6 heteroatoms.